The van der Waals surface area contributed by atoms with Crippen LogP contribution in [0.3, 0.4) is 0 Å². The van der Waals surface area contributed by atoms with E-state index in [1.807, 2.05) is 42.6 Å². The van der Waals surface area contributed by atoms with Crippen LogP contribution in [0.5, 0.6) is 0 Å². The monoisotopic (exact) mass is 601 g/mol. The molecule has 0 fully saturated rings. The Hall–Kier alpha value is -5.93. The van der Waals surface area contributed by atoms with Gasteiger partial charge in [-0.3, -0.25) is 4.98 Å². The fraction of sp³-hybridized carbons (Fsp3) is 0.0682. The molecule has 0 spiro atoms. The fourth-order valence-corrected chi connectivity index (χ4v) is 7.20. The fourth-order valence-electron chi connectivity index (χ4n) is 7.20. The Kier molecular flexibility index (Phi) is 6.16. The second-order valence-corrected chi connectivity index (χ2v) is 12.9. The maximum atomic E-state index is 5.07. The number of benzene rings is 6. The molecule has 1 aliphatic carbocycles. The molecule has 47 heavy (non-hydrogen) atoms. The lowest BCUT2D eigenvalue weighted by Gasteiger charge is -2.22. The van der Waals surface area contributed by atoms with Crippen molar-refractivity contribution in [2.45, 2.75) is 19.3 Å². The van der Waals surface area contributed by atoms with Crippen molar-refractivity contribution in [2.24, 2.45) is 0 Å². The average molecular weight is 602 g/mol. The van der Waals surface area contributed by atoms with Crippen LogP contribution in [0.1, 0.15) is 25.0 Å². The quantitative estimate of drug-likeness (QED) is 0.201. The molecule has 3 nitrogen and oxygen atoms in total. The highest BCUT2D eigenvalue weighted by molar-refractivity contribution is 5.98. The smallest absolute Gasteiger partial charge is 0.160 e. The molecule has 2 aromatic heterocycles. The van der Waals surface area contributed by atoms with E-state index >= 15 is 0 Å². The highest BCUT2D eigenvalue weighted by Gasteiger charge is 2.37. The second kappa shape index (κ2) is 10.6. The van der Waals surface area contributed by atoms with E-state index in [1.54, 1.807) is 0 Å². The normalized spacial score (nSPS) is 13.1. The maximum absolute atomic E-state index is 5.07. The average Bonchev–Trinajstić information content (AvgIpc) is 3.36. The summed E-state index contributed by atoms with van der Waals surface area (Å²) >= 11 is 0. The van der Waals surface area contributed by atoms with Gasteiger partial charge in [0.15, 0.2) is 5.82 Å². The summed E-state index contributed by atoms with van der Waals surface area (Å²) in [7, 11) is 0. The van der Waals surface area contributed by atoms with E-state index in [2.05, 4.69) is 123 Å². The molecule has 0 radical (unpaired) electrons. The molecule has 0 unspecified atom stereocenters. The Morgan fingerprint density at radius 2 is 1.11 bits per heavy atom. The number of fused-ring (bicyclic) bond motifs is 5. The van der Waals surface area contributed by atoms with Gasteiger partial charge in [-0.05, 0) is 74.5 Å². The van der Waals surface area contributed by atoms with Crippen molar-refractivity contribution < 1.29 is 0 Å². The van der Waals surface area contributed by atoms with Crippen molar-refractivity contribution in [3.8, 4) is 56.2 Å². The lowest BCUT2D eigenvalue weighted by atomic mass is 9.81. The van der Waals surface area contributed by atoms with E-state index < -0.39 is 0 Å². The number of pyridine rings is 1. The van der Waals surface area contributed by atoms with E-state index in [4.69, 9.17) is 15.0 Å². The molecule has 222 valence electrons. The van der Waals surface area contributed by atoms with E-state index in [1.165, 1.54) is 44.2 Å². The zero-order valence-corrected chi connectivity index (χ0v) is 26.3. The van der Waals surface area contributed by atoms with E-state index in [0.29, 0.717) is 5.82 Å². The van der Waals surface area contributed by atoms with Gasteiger partial charge in [-0.2, -0.15) is 0 Å². The Balaban J connectivity index is 1.16. The largest absolute Gasteiger partial charge is 0.256 e. The third-order valence-corrected chi connectivity index (χ3v) is 9.70. The summed E-state index contributed by atoms with van der Waals surface area (Å²) in [5, 5.41) is 3.65. The Morgan fingerprint density at radius 1 is 0.447 bits per heavy atom. The third kappa shape index (κ3) is 4.54. The van der Waals surface area contributed by atoms with Crippen LogP contribution in [0.2, 0.25) is 0 Å². The first-order valence-electron chi connectivity index (χ1n) is 16.1. The predicted octanol–water partition coefficient (Wildman–Crippen LogP) is 11.2. The molecule has 9 rings (SSSR count). The van der Waals surface area contributed by atoms with Gasteiger partial charge < -0.3 is 0 Å². The summed E-state index contributed by atoms with van der Waals surface area (Å²) in [5.74, 6) is 0.697. The van der Waals surface area contributed by atoms with Crippen LogP contribution in [0.15, 0.2) is 152 Å². The second-order valence-electron chi connectivity index (χ2n) is 12.9. The molecule has 1 aliphatic rings. The summed E-state index contributed by atoms with van der Waals surface area (Å²) in [4.78, 5) is 14.8. The van der Waals surface area contributed by atoms with Gasteiger partial charge in [0.1, 0.15) is 0 Å². The van der Waals surface area contributed by atoms with E-state index in [0.717, 1.165) is 39.0 Å². The number of hydrogen-bond acceptors (Lipinski definition) is 3. The lowest BCUT2D eigenvalue weighted by Crippen LogP contribution is -2.14. The molecule has 0 aliphatic heterocycles. The van der Waals surface area contributed by atoms with E-state index in [-0.39, 0.29) is 5.41 Å². The van der Waals surface area contributed by atoms with E-state index in [9.17, 15) is 0 Å². The van der Waals surface area contributed by atoms with Crippen LogP contribution >= 0.6 is 0 Å². The molecule has 0 N–H and O–H groups in total. The van der Waals surface area contributed by atoms with Gasteiger partial charge in [-0.25, -0.2) is 9.97 Å². The van der Waals surface area contributed by atoms with Gasteiger partial charge >= 0.3 is 0 Å². The highest BCUT2D eigenvalue weighted by Crippen LogP contribution is 2.53. The van der Waals surface area contributed by atoms with Gasteiger partial charge in [-0.1, -0.05) is 129 Å². The van der Waals surface area contributed by atoms with Crippen molar-refractivity contribution >= 4 is 21.7 Å². The minimum Gasteiger partial charge on any atom is -0.256 e. The van der Waals surface area contributed by atoms with Crippen molar-refractivity contribution in [3.05, 3.63) is 163 Å². The third-order valence-electron chi connectivity index (χ3n) is 9.70. The first-order valence-corrected chi connectivity index (χ1v) is 16.1. The first-order chi connectivity index (χ1) is 23.0. The Labute approximate surface area is 274 Å². The minimum atomic E-state index is -0.0759. The lowest BCUT2D eigenvalue weighted by molar-refractivity contribution is 0.661. The topological polar surface area (TPSA) is 38.7 Å². The number of rotatable bonds is 4. The van der Waals surface area contributed by atoms with Gasteiger partial charge in [-0.15, -0.1) is 0 Å². The van der Waals surface area contributed by atoms with Crippen LogP contribution in [-0.2, 0) is 5.41 Å². The zero-order valence-electron chi connectivity index (χ0n) is 26.3. The minimum absolute atomic E-state index is 0.0759. The van der Waals surface area contributed by atoms with Gasteiger partial charge in [0.25, 0.3) is 0 Å². The molecular formula is C44H31N3. The SMILES string of the molecule is CC1(C)c2cc3ccccc3cc2-c2c(-c3ccc(-c4cc(-c5cnc6ccccc6c5)nc(-c5ccccc5)n4)cc3)cccc21. The molecular weight excluding hydrogens is 571 g/mol. The summed E-state index contributed by atoms with van der Waals surface area (Å²) in [6.45, 7) is 4.70. The van der Waals surface area contributed by atoms with Crippen molar-refractivity contribution in [1.29, 1.82) is 0 Å². The zero-order chi connectivity index (χ0) is 31.5. The summed E-state index contributed by atoms with van der Waals surface area (Å²) in [6, 6.07) is 51.7. The molecule has 0 atom stereocenters. The molecule has 0 amide bonds. The molecule has 2 heterocycles. The first kappa shape index (κ1) is 27.4. The van der Waals surface area contributed by atoms with Crippen LogP contribution in [0.4, 0.5) is 0 Å². The number of aromatic nitrogens is 3. The van der Waals surface area contributed by atoms with Crippen molar-refractivity contribution in [2.75, 3.05) is 0 Å². The summed E-state index contributed by atoms with van der Waals surface area (Å²) < 4.78 is 0. The Morgan fingerprint density at radius 3 is 1.89 bits per heavy atom. The molecule has 8 aromatic rings. The van der Waals surface area contributed by atoms with Crippen LogP contribution in [0.25, 0.3) is 77.8 Å². The van der Waals surface area contributed by atoms with Gasteiger partial charge in [0.05, 0.1) is 16.9 Å². The number of nitrogens with zero attached hydrogens (tertiary/aromatic N) is 3. The van der Waals surface area contributed by atoms with Gasteiger partial charge in [0.2, 0.25) is 0 Å². The molecule has 3 heteroatoms. The number of hydrogen-bond donors (Lipinski definition) is 0. The maximum Gasteiger partial charge on any atom is 0.160 e. The van der Waals surface area contributed by atoms with Crippen molar-refractivity contribution in [1.82, 2.24) is 15.0 Å². The molecule has 0 saturated carbocycles. The molecule has 0 saturated heterocycles. The highest BCUT2D eigenvalue weighted by atomic mass is 14.9. The number of para-hydroxylation sites is 1. The molecule has 0 bridgehead atoms. The standard InChI is InChI=1S/C44H31N3/c1-44(2)37-17-10-16-35(42(37)36-24-31-13-6-7-14-32(31)25-38(36)44)28-19-21-29(22-20-28)40-26-41(47-43(46-40)30-11-4-3-5-12-30)34-23-33-15-8-9-18-39(33)45-27-34/h3-27H,1-2H3. The van der Waals surface area contributed by atoms with Crippen LogP contribution in [0, 0.1) is 0 Å². The summed E-state index contributed by atoms with van der Waals surface area (Å²) in [6.07, 6.45) is 1.91. The summed E-state index contributed by atoms with van der Waals surface area (Å²) in [5.41, 5.74) is 13.5. The van der Waals surface area contributed by atoms with Crippen LogP contribution in [-0.4, -0.2) is 15.0 Å². The van der Waals surface area contributed by atoms with Gasteiger partial charge in [0, 0.05) is 33.7 Å². The molecule has 6 aromatic carbocycles. The van der Waals surface area contributed by atoms with Crippen molar-refractivity contribution in [3.63, 3.8) is 0 Å². The predicted molar refractivity (Wildman–Crippen MR) is 194 cm³/mol. The Bertz CT molecular complexity index is 2480. The van der Waals surface area contributed by atoms with Crippen LogP contribution < -0.4 is 0 Å².